The van der Waals surface area contributed by atoms with Crippen molar-refractivity contribution < 1.29 is 34.4 Å². The monoisotopic (exact) mass is 568 g/mol. The molecule has 0 aromatic heterocycles. The molecule has 0 aliphatic carbocycles. The van der Waals surface area contributed by atoms with Crippen LogP contribution in [0.3, 0.4) is 0 Å². The third-order valence-electron chi connectivity index (χ3n) is 7.11. The molecule has 2 rings (SSSR count). The highest BCUT2D eigenvalue weighted by molar-refractivity contribution is 5.87. The van der Waals surface area contributed by atoms with Crippen LogP contribution in [0.25, 0.3) is 12.2 Å². The van der Waals surface area contributed by atoms with Crippen LogP contribution in [0.15, 0.2) is 60.2 Å². The minimum Gasteiger partial charge on any atom is -0.462 e. The first-order chi connectivity index (χ1) is 19.4. The number of allylic oxidation sites excluding steroid dienone is 3. The summed E-state index contributed by atoms with van der Waals surface area (Å²) in [4.78, 5) is 25.0. The number of aliphatic hydroxyl groups is 3. The summed E-state index contributed by atoms with van der Waals surface area (Å²) < 4.78 is 11.5. The number of aliphatic hydroxyl groups excluding tert-OH is 3. The normalized spacial score (nSPS) is 24.4. The quantitative estimate of drug-likeness (QED) is 0.142. The van der Waals surface area contributed by atoms with E-state index in [0.717, 1.165) is 23.1 Å². The number of cyclic esters (lactones) is 1. The van der Waals surface area contributed by atoms with Crippen LogP contribution in [0, 0.1) is 11.8 Å². The van der Waals surface area contributed by atoms with Crippen LogP contribution in [0.4, 0.5) is 0 Å². The molecule has 0 saturated heterocycles. The number of carbonyl (C=O) groups excluding carboxylic acids is 2. The van der Waals surface area contributed by atoms with Gasteiger partial charge in [0.15, 0.2) is 0 Å². The minimum absolute atomic E-state index is 0.0929. The van der Waals surface area contributed by atoms with Gasteiger partial charge in [0, 0.05) is 25.3 Å². The Labute approximate surface area is 245 Å². The minimum atomic E-state index is -1.07. The molecule has 0 saturated carbocycles. The van der Waals surface area contributed by atoms with E-state index < -0.39 is 24.3 Å². The molecule has 41 heavy (non-hydrogen) atoms. The van der Waals surface area contributed by atoms with Crippen LogP contribution in [-0.4, -0.2) is 57.8 Å². The van der Waals surface area contributed by atoms with Gasteiger partial charge < -0.3 is 24.8 Å². The summed E-state index contributed by atoms with van der Waals surface area (Å²) in [6.07, 6.45) is 12.3. The fourth-order valence-corrected chi connectivity index (χ4v) is 4.56. The lowest BCUT2D eigenvalue weighted by molar-refractivity contribution is -0.151. The predicted molar refractivity (Wildman–Crippen MR) is 163 cm³/mol. The molecule has 0 fully saturated rings. The fraction of sp³-hybridized carbons (Fsp3) is 0.529. The highest BCUT2D eigenvalue weighted by Crippen LogP contribution is 2.22. The summed E-state index contributed by atoms with van der Waals surface area (Å²) >= 11 is 0. The first kappa shape index (κ1) is 34.2. The van der Waals surface area contributed by atoms with E-state index in [1.54, 1.807) is 19.1 Å². The van der Waals surface area contributed by atoms with Crippen LogP contribution >= 0.6 is 0 Å². The third kappa shape index (κ3) is 13.5. The molecule has 6 atom stereocenters. The maximum atomic E-state index is 12.7. The van der Waals surface area contributed by atoms with E-state index in [4.69, 9.17) is 9.47 Å². The number of ether oxygens (including phenoxy) is 2. The maximum Gasteiger partial charge on any atom is 0.331 e. The van der Waals surface area contributed by atoms with Crippen molar-refractivity contribution in [2.75, 3.05) is 0 Å². The molecule has 1 aromatic rings. The molecule has 3 N–H and O–H groups in total. The standard InChI is InChI=1S/C34H48O7/c1-23(2)31-13-7-6-10-25(4)32(14-9-15-33(38)40-31)41-34(39)19-18-28-12-8-11-27(22-28)17-16-24(3)20-29(36)30(37)21-26(5)35/h6-8,11-12,16-20,22-23,25-26,29-32,35-37H,9-10,13-15,21H2,1-5H3/b7-6+,17-16+,19-18+,24-20+/t25-,26-,29-,30-,31+,32?/m0/s1. The van der Waals surface area contributed by atoms with Gasteiger partial charge in [0.05, 0.1) is 18.3 Å². The van der Waals surface area contributed by atoms with Gasteiger partial charge in [0.2, 0.25) is 0 Å². The van der Waals surface area contributed by atoms with Gasteiger partial charge in [-0.25, -0.2) is 4.79 Å². The summed E-state index contributed by atoms with van der Waals surface area (Å²) in [5.41, 5.74) is 2.49. The average Bonchev–Trinajstić information content (AvgIpc) is 2.90. The van der Waals surface area contributed by atoms with Crippen molar-refractivity contribution in [3.8, 4) is 0 Å². The van der Waals surface area contributed by atoms with Gasteiger partial charge in [0.1, 0.15) is 12.2 Å². The second-order valence-corrected chi connectivity index (χ2v) is 11.5. The predicted octanol–water partition coefficient (Wildman–Crippen LogP) is 5.79. The largest absolute Gasteiger partial charge is 0.462 e. The highest BCUT2D eigenvalue weighted by atomic mass is 16.5. The summed E-state index contributed by atoms with van der Waals surface area (Å²) in [6, 6.07) is 7.62. The summed E-state index contributed by atoms with van der Waals surface area (Å²) in [5.74, 6) is -0.263. The highest BCUT2D eigenvalue weighted by Gasteiger charge is 2.23. The van der Waals surface area contributed by atoms with Crippen LogP contribution < -0.4 is 0 Å². The van der Waals surface area contributed by atoms with E-state index >= 15 is 0 Å². The number of esters is 2. The smallest absolute Gasteiger partial charge is 0.331 e. The Morgan fingerprint density at radius 1 is 1.07 bits per heavy atom. The Kier molecular flexibility index (Phi) is 14.8. The fourth-order valence-electron chi connectivity index (χ4n) is 4.56. The van der Waals surface area contributed by atoms with Crippen LogP contribution in [0.2, 0.25) is 0 Å². The number of benzene rings is 1. The lowest BCUT2D eigenvalue weighted by Gasteiger charge is -2.24. The zero-order valence-corrected chi connectivity index (χ0v) is 25.1. The number of carbonyl (C=O) groups is 2. The molecule has 0 bridgehead atoms. The molecule has 1 aliphatic rings. The second-order valence-electron chi connectivity index (χ2n) is 11.5. The summed E-state index contributed by atoms with van der Waals surface area (Å²) in [7, 11) is 0. The Morgan fingerprint density at radius 3 is 2.39 bits per heavy atom. The molecule has 1 aromatic carbocycles. The topological polar surface area (TPSA) is 113 Å². The van der Waals surface area contributed by atoms with E-state index in [0.29, 0.717) is 25.7 Å². The van der Waals surface area contributed by atoms with E-state index in [1.165, 1.54) is 6.08 Å². The van der Waals surface area contributed by atoms with Gasteiger partial charge in [-0.15, -0.1) is 0 Å². The molecule has 226 valence electrons. The molecule has 1 heterocycles. The molecule has 1 unspecified atom stereocenters. The van der Waals surface area contributed by atoms with Gasteiger partial charge >= 0.3 is 11.9 Å². The molecular formula is C34H48O7. The van der Waals surface area contributed by atoms with Crippen LogP contribution in [-0.2, 0) is 19.1 Å². The summed E-state index contributed by atoms with van der Waals surface area (Å²) in [5, 5.41) is 29.4. The van der Waals surface area contributed by atoms with Crippen molar-refractivity contribution in [1.82, 2.24) is 0 Å². The molecule has 1 aliphatic heterocycles. The zero-order chi connectivity index (χ0) is 30.4. The Bertz CT molecular complexity index is 1080. The molecule has 0 amide bonds. The van der Waals surface area contributed by atoms with Crippen molar-refractivity contribution in [1.29, 1.82) is 0 Å². The number of hydrogen-bond acceptors (Lipinski definition) is 7. The first-order valence-corrected chi connectivity index (χ1v) is 14.7. The number of hydrogen-bond donors (Lipinski definition) is 3. The summed E-state index contributed by atoms with van der Waals surface area (Å²) in [6.45, 7) is 9.55. The molecule has 0 spiro atoms. The van der Waals surface area contributed by atoms with Crippen molar-refractivity contribution in [3.63, 3.8) is 0 Å². The van der Waals surface area contributed by atoms with Crippen LogP contribution in [0.5, 0.6) is 0 Å². The Morgan fingerprint density at radius 2 is 1.73 bits per heavy atom. The van der Waals surface area contributed by atoms with Gasteiger partial charge in [0.25, 0.3) is 0 Å². The van der Waals surface area contributed by atoms with Gasteiger partial charge in [-0.3, -0.25) is 4.79 Å². The Balaban J connectivity index is 2.00. The zero-order valence-electron chi connectivity index (χ0n) is 25.1. The molecule has 7 nitrogen and oxygen atoms in total. The molecule has 7 heteroatoms. The second kappa shape index (κ2) is 17.7. The van der Waals surface area contributed by atoms with Gasteiger partial charge in [-0.2, -0.15) is 0 Å². The van der Waals surface area contributed by atoms with Crippen molar-refractivity contribution in [2.45, 2.75) is 104 Å². The lowest BCUT2D eigenvalue weighted by atomic mass is 9.94. The van der Waals surface area contributed by atoms with E-state index in [-0.39, 0.29) is 36.4 Å². The SMILES string of the molecule is CC(/C=C/c1cccc(/C=C/C(=O)OC2CCCC(=O)O[C@@H](C(C)C)C/C=C/C[C@@H]2C)c1)=C\[C@H](O)[C@@H](O)C[C@H](C)O. The molecular weight excluding hydrogens is 520 g/mol. The Hall–Kier alpha value is -3.00. The third-order valence-corrected chi connectivity index (χ3v) is 7.11. The number of rotatable bonds is 10. The van der Waals surface area contributed by atoms with Crippen molar-refractivity contribution in [3.05, 3.63) is 71.3 Å². The average molecular weight is 569 g/mol. The van der Waals surface area contributed by atoms with E-state index in [1.807, 2.05) is 43.3 Å². The van der Waals surface area contributed by atoms with Crippen molar-refractivity contribution >= 4 is 24.1 Å². The van der Waals surface area contributed by atoms with Gasteiger partial charge in [-0.05, 0) is 68.2 Å². The lowest BCUT2D eigenvalue weighted by Crippen LogP contribution is -2.27. The van der Waals surface area contributed by atoms with Crippen LogP contribution in [0.1, 0.15) is 84.3 Å². The maximum absolute atomic E-state index is 12.7. The van der Waals surface area contributed by atoms with E-state index in [9.17, 15) is 24.9 Å². The first-order valence-electron chi connectivity index (χ1n) is 14.7. The van der Waals surface area contributed by atoms with E-state index in [2.05, 4.69) is 32.9 Å². The van der Waals surface area contributed by atoms with Crippen molar-refractivity contribution in [2.24, 2.45) is 11.8 Å². The van der Waals surface area contributed by atoms with Gasteiger partial charge in [-0.1, -0.05) is 74.9 Å². The molecule has 0 radical (unpaired) electrons.